The van der Waals surface area contributed by atoms with Crippen LogP contribution in [0.1, 0.15) is 107 Å². The lowest BCUT2D eigenvalue weighted by molar-refractivity contribution is -0.372. The van der Waals surface area contributed by atoms with Crippen molar-refractivity contribution in [1.82, 2.24) is 0 Å². The maximum absolute atomic E-state index is 15.5. The molecular weight excluding hydrogens is 1200 g/mol. The molecule has 5 aliphatic carbocycles. The van der Waals surface area contributed by atoms with Gasteiger partial charge in [-0.05, 0) is 105 Å². The van der Waals surface area contributed by atoms with Crippen LogP contribution < -0.4 is 0 Å². The molecule has 0 aromatic rings. The number of carbonyl (C=O) groups excluding carboxylic acids is 2. The summed E-state index contributed by atoms with van der Waals surface area (Å²) in [5.74, 6) is -4.84. The van der Waals surface area contributed by atoms with E-state index in [0.29, 0.717) is 25.7 Å². The molecule has 0 unspecified atom stereocenters. The number of aliphatic hydroxyl groups excluding tert-OH is 14. The van der Waals surface area contributed by atoms with Gasteiger partial charge in [0.25, 0.3) is 0 Å². The Morgan fingerprint density at radius 1 is 0.611 bits per heavy atom. The highest BCUT2D eigenvalue weighted by atomic mass is 16.8. The molecule has 33 atom stereocenters. The standard InChI is InChI=1S/C60H94O30/c1-23-41(83-24(2)64)43(87-51-45(75)59(79,21-63)22-81-51)40(74)49(82-23)88-44-34(68)28(66)20-80-50(44)90-53(78)60-14-13-54(3,4)15-26(60)25-9-10-31-55(5)16-27(65)46(58(8,52(76)77)32(55)11-12-56(31,6)57(25,7)17-33(60)67)89-48-39(73)37(71)42(30(19-62)85-48)86-47-38(72)36(70)35(69)29(18-61)84-47/h9,23,26-51,61-63,65-75,79H,10-22H2,1-8H3,(H,76,77)/t23-,26-,27-,28-,29-,30-,31-,32-,33-,34+,35-,36+,37-,38-,39-,40-,41-,42-,43-,44-,45+,46+,47+,48+,49+,50+,51+,55-,56+,57+,58+,59-,60+/m0/s1. The van der Waals surface area contributed by atoms with Gasteiger partial charge in [-0.1, -0.05) is 46.3 Å². The third kappa shape index (κ3) is 11.3. The van der Waals surface area contributed by atoms with Crippen molar-refractivity contribution in [2.45, 2.75) is 260 Å². The van der Waals surface area contributed by atoms with Gasteiger partial charge >= 0.3 is 17.9 Å². The van der Waals surface area contributed by atoms with Crippen LogP contribution in [0.5, 0.6) is 0 Å². The molecule has 0 radical (unpaired) electrons. The highest BCUT2D eigenvalue weighted by molar-refractivity contribution is 5.80. The first-order valence-corrected chi connectivity index (χ1v) is 31.2. The van der Waals surface area contributed by atoms with Gasteiger partial charge in [0.1, 0.15) is 96.5 Å². The van der Waals surface area contributed by atoms with Crippen LogP contribution in [0, 0.1) is 50.2 Å². The van der Waals surface area contributed by atoms with Crippen LogP contribution in [0.25, 0.3) is 0 Å². The lowest BCUT2D eigenvalue weighted by atomic mass is 9.33. The Morgan fingerprint density at radius 2 is 1.23 bits per heavy atom. The van der Waals surface area contributed by atoms with E-state index in [1.54, 1.807) is 0 Å². The zero-order valence-electron chi connectivity index (χ0n) is 51.7. The van der Waals surface area contributed by atoms with E-state index in [0.717, 1.165) is 12.5 Å². The summed E-state index contributed by atoms with van der Waals surface area (Å²) in [6.45, 7) is 10.5. The summed E-state index contributed by atoms with van der Waals surface area (Å²) in [7, 11) is 0. The minimum Gasteiger partial charge on any atom is -0.481 e. The molecule has 10 rings (SSSR count). The number of rotatable bonds is 15. The van der Waals surface area contributed by atoms with Crippen molar-refractivity contribution < 1.29 is 148 Å². The Hall–Kier alpha value is -2.81. The SMILES string of the molecule is CC(=O)O[C@@H]1[C@@H](O[C@H]2OC[C@@](O)(CO)[C@@H]2O)[C@H](O)[C@@H](O[C@@H]2[C@@H](OC(=O)[C@]34CCC(C)(C)C[C@H]3C3=CC[C@H]5[C@]6(C)C[C@H](O)[C@@H](O[C@H]7O[C@@H](CO)[C@H](O[C@H]8O[C@@H](CO)[C@H](O)[C@@H](O)[C@@H]8O)[C@@H](O)[C@@H]7O)[C@](C)(C(=O)O)[C@H]6CC[C@@]5(C)[C@]3(C)C[C@@H]4O)OC[C@H](O)[C@H]2O)O[C@H]1C. The molecule has 10 aliphatic rings. The summed E-state index contributed by atoms with van der Waals surface area (Å²) < 4.78 is 64.6. The van der Waals surface area contributed by atoms with Crippen molar-refractivity contribution in [1.29, 1.82) is 0 Å². The van der Waals surface area contributed by atoms with Gasteiger partial charge in [0.15, 0.2) is 37.4 Å². The molecule has 9 fully saturated rings. The number of carboxylic acids is 1. The van der Waals surface area contributed by atoms with E-state index in [4.69, 9.17) is 52.1 Å². The zero-order valence-corrected chi connectivity index (χ0v) is 51.7. The van der Waals surface area contributed by atoms with Gasteiger partial charge in [-0.15, -0.1) is 0 Å². The normalized spacial score (nSPS) is 53.4. The number of hydrogen-bond acceptors (Lipinski definition) is 29. The zero-order chi connectivity index (χ0) is 66.1. The Bertz CT molecular complexity index is 2630. The number of ether oxygens (including phenoxy) is 11. The molecule has 90 heavy (non-hydrogen) atoms. The number of esters is 2. The monoisotopic (exact) mass is 1290 g/mol. The molecule has 4 saturated carbocycles. The average Bonchev–Trinajstić information content (AvgIpc) is 0.743. The molecule has 16 N–H and O–H groups in total. The number of carboxylic acid groups (broad SMARTS) is 1. The Balaban J connectivity index is 0.894. The number of fused-ring (bicyclic) bond motifs is 7. The van der Waals surface area contributed by atoms with Crippen LogP contribution >= 0.6 is 0 Å². The predicted molar refractivity (Wildman–Crippen MR) is 296 cm³/mol. The van der Waals surface area contributed by atoms with Crippen LogP contribution in [0.2, 0.25) is 0 Å². The summed E-state index contributed by atoms with van der Waals surface area (Å²) in [5, 5.41) is 177. The topological polar surface area (TPSA) is 476 Å². The summed E-state index contributed by atoms with van der Waals surface area (Å²) in [6, 6.07) is 0. The molecule has 5 heterocycles. The molecule has 5 saturated heterocycles. The van der Waals surface area contributed by atoms with Crippen molar-refractivity contribution >= 4 is 17.9 Å². The van der Waals surface area contributed by atoms with Crippen LogP contribution in [0.15, 0.2) is 11.6 Å². The first kappa shape index (κ1) is 70.0. The van der Waals surface area contributed by atoms with E-state index in [-0.39, 0.29) is 37.0 Å². The molecule has 0 bridgehead atoms. The lowest BCUT2D eigenvalue weighted by Gasteiger charge is -2.71. The minimum atomic E-state index is -2.15. The molecule has 0 amide bonds. The van der Waals surface area contributed by atoms with Gasteiger partial charge in [-0.25, -0.2) is 0 Å². The molecular formula is C60H94O30. The first-order valence-electron chi connectivity index (χ1n) is 31.2. The van der Waals surface area contributed by atoms with Gasteiger partial charge < -0.3 is 134 Å². The van der Waals surface area contributed by atoms with Gasteiger partial charge in [0, 0.05) is 6.92 Å². The number of allylic oxidation sites excluding steroid dienone is 2. The number of aliphatic hydroxyl groups is 15. The van der Waals surface area contributed by atoms with E-state index in [1.807, 2.05) is 13.8 Å². The fourth-order valence-electron chi connectivity index (χ4n) is 17.9. The van der Waals surface area contributed by atoms with Crippen molar-refractivity contribution in [3.63, 3.8) is 0 Å². The van der Waals surface area contributed by atoms with Gasteiger partial charge in [0.2, 0.25) is 6.29 Å². The Kier molecular flexibility index (Phi) is 19.7. The Labute approximate surface area is 519 Å². The maximum Gasteiger partial charge on any atom is 0.317 e. The van der Waals surface area contributed by atoms with Crippen molar-refractivity contribution in [3.05, 3.63) is 11.6 Å². The van der Waals surface area contributed by atoms with Crippen LogP contribution in [0.4, 0.5) is 0 Å². The van der Waals surface area contributed by atoms with E-state index in [9.17, 15) is 91.3 Å². The summed E-state index contributed by atoms with van der Waals surface area (Å²) in [4.78, 5) is 41.9. The van der Waals surface area contributed by atoms with Crippen molar-refractivity contribution in [2.75, 3.05) is 33.0 Å². The molecule has 514 valence electrons. The van der Waals surface area contributed by atoms with Crippen LogP contribution in [-0.2, 0) is 66.5 Å². The summed E-state index contributed by atoms with van der Waals surface area (Å²) in [5.41, 5.74) is -7.81. The molecule has 30 heteroatoms. The molecule has 30 nitrogen and oxygen atoms in total. The number of aliphatic carboxylic acids is 1. The van der Waals surface area contributed by atoms with Gasteiger partial charge in [-0.3, -0.25) is 14.4 Å². The average molecular weight is 1300 g/mol. The third-order valence-electron chi connectivity index (χ3n) is 23.2. The largest absolute Gasteiger partial charge is 0.481 e. The lowest BCUT2D eigenvalue weighted by Crippen LogP contribution is -2.71. The fraction of sp³-hybridized carbons (Fsp3) is 0.917. The first-order chi connectivity index (χ1) is 42.0. The van der Waals surface area contributed by atoms with E-state index in [1.165, 1.54) is 13.8 Å². The number of hydrogen-bond donors (Lipinski definition) is 16. The second-order valence-electron chi connectivity index (χ2n) is 28.9. The second kappa shape index (κ2) is 25.3. The summed E-state index contributed by atoms with van der Waals surface area (Å²) >= 11 is 0. The van der Waals surface area contributed by atoms with Crippen molar-refractivity contribution in [3.8, 4) is 0 Å². The maximum atomic E-state index is 15.5. The molecule has 0 aromatic heterocycles. The predicted octanol–water partition coefficient (Wildman–Crippen LogP) is -4.33. The van der Waals surface area contributed by atoms with Crippen molar-refractivity contribution in [2.24, 2.45) is 50.2 Å². The van der Waals surface area contributed by atoms with E-state index < -0.39 is 243 Å². The van der Waals surface area contributed by atoms with Gasteiger partial charge in [-0.2, -0.15) is 0 Å². The third-order valence-corrected chi connectivity index (χ3v) is 23.2. The minimum absolute atomic E-state index is 0.0161. The van der Waals surface area contributed by atoms with E-state index >= 15 is 4.79 Å². The molecule has 5 aliphatic heterocycles. The van der Waals surface area contributed by atoms with E-state index in [2.05, 4.69) is 26.8 Å². The Morgan fingerprint density at radius 3 is 1.87 bits per heavy atom. The van der Waals surface area contributed by atoms with Crippen LogP contribution in [-0.4, -0.2) is 286 Å². The molecule has 0 spiro atoms. The van der Waals surface area contributed by atoms with Gasteiger partial charge in [0.05, 0.1) is 56.8 Å². The number of carbonyl (C=O) groups is 3. The van der Waals surface area contributed by atoms with Crippen LogP contribution in [0.3, 0.4) is 0 Å². The second-order valence-corrected chi connectivity index (χ2v) is 28.9. The molecule has 0 aromatic carbocycles. The summed E-state index contributed by atoms with van der Waals surface area (Å²) in [6.07, 6.45) is -36.9. The highest BCUT2D eigenvalue weighted by Gasteiger charge is 2.74. The quantitative estimate of drug-likeness (QED) is 0.0419. The smallest absolute Gasteiger partial charge is 0.317 e. The fourth-order valence-corrected chi connectivity index (χ4v) is 17.9. The highest BCUT2D eigenvalue weighted by Crippen LogP contribution is 2.76.